The number of alkyl carbamates (subject to hydrolysis) is 1. The molecule has 0 radical (unpaired) electrons. The summed E-state index contributed by atoms with van der Waals surface area (Å²) in [6.07, 6.45) is 4.95. The number of ether oxygens (including phenoxy) is 2. The maximum Gasteiger partial charge on any atom is 0.408 e. The molecule has 4 fully saturated rings. The molecule has 4 aliphatic rings. The zero-order chi connectivity index (χ0) is 33.2. The number of carbonyl (C=O) groups excluding carboxylic acids is 4. The number of fused-ring (bicyclic) bond motifs is 1. The van der Waals surface area contributed by atoms with Gasteiger partial charge < -0.3 is 25.0 Å². The number of nitrogens with zero attached hydrogens (tertiary/aromatic N) is 1. The molecule has 1 aliphatic heterocycles. The highest BCUT2D eigenvalue weighted by atomic mass is 79.9. The third-order valence-electron chi connectivity index (χ3n) is 9.83. The van der Waals surface area contributed by atoms with Crippen LogP contribution in [0, 0.1) is 17.8 Å². The first-order valence-corrected chi connectivity index (χ1v) is 18.4. The fraction of sp³-hybridized carbons (Fsp3) is 0.688. The van der Waals surface area contributed by atoms with Crippen LogP contribution in [0.25, 0.3) is 0 Å². The summed E-state index contributed by atoms with van der Waals surface area (Å²) in [6.45, 7) is 3.67. The van der Waals surface area contributed by atoms with Crippen molar-refractivity contribution in [2.45, 2.75) is 113 Å². The first-order valence-electron chi connectivity index (χ1n) is 16.2. The minimum Gasteiger partial charge on any atom is -0.467 e. The maximum absolute atomic E-state index is 14.2. The molecular weight excluding hydrogens is 682 g/mol. The van der Waals surface area contributed by atoms with E-state index < -0.39 is 57.7 Å². The average Bonchev–Trinajstić information content (AvgIpc) is 3.78. The van der Waals surface area contributed by atoms with Crippen LogP contribution in [0.15, 0.2) is 33.6 Å². The zero-order valence-electron chi connectivity index (χ0n) is 26.5. The second-order valence-corrected chi connectivity index (χ2v) is 15.7. The molecule has 0 aromatic heterocycles. The highest BCUT2D eigenvalue weighted by Gasteiger charge is 2.61. The van der Waals surface area contributed by atoms with E-state index in [9.17, 15) is 27.6 Å². The van der Waals surface area contributed by atoms with Crippen molar-refractivity contribution in [2.24, 2.45) is 17.8 Å². The van der Waals surface area contributed by atoms with Crippen molar-refractivity contribution in [1.29, 1.82) is 0 Å². The van der Waals surface area contributed by atoms with Gasteiger partial charge in [-0.05, 0) is 74.1 Å². The quantitative estimate of drug-likeness (QED) is 0.164. The molecule has 254 valence electrons. The Balaban J connectivity index is 1.34. The number of likely N-dealkylation sites (tertiary alicyclic amines) is 1. The molecule has 12 nitrogen and oxygen atoms in total. The van der Waals surface area contributed by atoms with Gasteiger partial charge in [0.1, 0.15) is 23.7 Å². The Morgan fingerprint density at radius 2 is 1.70 bits per heavy atom. The number of unbranched alkanes of at least 4 members (excludes halogenated alkanes) is 3. The lowest BCUT2D eigenvalue weighted by atomic mass is 10.1. The van der Waals surface area contributed by atoms with Crippen LogP contribution < -0.4 is 10.6 Å². The summed E-state index contributed by atoms with van der Waals surface area (Å²) < 4.78 is 43.2. The highest BCUT2D eigenvalue weighted by molar-refractivity contribution is 9.10. The van der Waals surface area contributed by atoms with E-state index in [0.717, 1.165) is 32.1 Å². The summed E-state index contributed by atoms with van der Waals surface area (Å²) in [5, 5.41) is 5.54. The number of benzene rings is 1. The van der Waals surface area contributed by atoms with Gasteiger partial charge in [-0.2, -0.15) is 8.42 Å². The third-order valence-corrected chi connectivity index (χ3v) is 11.7. The van der Waals surface area contributed by atoms with Crippen molar-refractivity contribution in [3.63, 3.8) is 0 Å². The molecule has 14 heteroatoms. The summed E-state index contributed by atoms with van der Waals surface area (Å²) in [6, 6.07) is 3.79. The average molecular weight is 727 g/mol. The first-order chi connectivity index (χ1) is 21.9. The standard InChI is InChI=1S/C32H44BrN3O9S/c1-4-5-6-7-8-26(34-31(40)44-23-14-20-13-21(20)15-23)29(38)36-18-24(45-46(41,42)25-11-9-22(33)10-12-25)16-27(36)28(37)35-32(17-19(32)2)30(39)43-3/h9-12,19-21,23-24,26-27H,4-8,13-18H2,1-3H3,(H,34,40)(H,35,37)/t19?,20-,21+,23+,24-,26-,27-,32+/m0/s1. The molecule has 8 atom stereocenters. The zero-order valence-corrected chi connectivity index (χ0v) is 28.9. The van der Waals surface area contributed by atoms with Crippen molar-refractivity contribution in [3.8, 4) is 0 Å². The normalized spacial score (nSPS) is 30.2. The molecule has 46 heavy (non-hydrogen) atoms. The number of hydrogen-bond acceptors (Lipinski definition) is 9. The van der Waals surface area contributed by atoms with E-state index in [0.29, 0.717) is 35.6 Å². The Morgan fingerprint density at radius 3 is 2.30 bits per heavy atom. The largest absolute Gasteiger partial charge is 0.467 e. The van der Waals surface area contributed by atoms with Crippen molar-refractivity contribution in [1.82, 2.24) is 15.5 Å². The molecule has 3 aliphatic carbocycles. The minimum atomic E-state index is -4.24. The predicted molar refractivity (Wildman–Crippen MR) is 170 cm³/mol. The van der Waals surface area contributed by atoms with Crippen molar-refractivity contribution in [3.05, 3.63) is 28.7 Å². The molecule has 1 heterocycles. The van der Waals surface area contributed by atoms with Crippen molar-refractivity contribution >= 4 is 49.9 Å². The molecule has 1 aromatic rings. The number of hydrogen-bond donors (Lipinski definition) is 2. The van der Waals surface area contributed by atoms with E-state index in [-0.39, 0.29) is 29.9 Å². The van der Waals surface area contributed by atoms with Gasteiger partial charge in [-0.1, -0.05) is 55.5 Å². The highest BCUT2D eigenvalue weighted by Crippen LogP contribution is 2.52. The smallest absolute Gasteiger partial charge is 0.408 e. The van der Waals surface area contributed by atoms with Gasteiger partial charge in [-0.15, -0.1) is 0 Å². The number of amides is 3. The Kier molecular flexibility index (Phi) is 10.7. The van der Waals surface area contributed by atoms with Gasteiger partial charge in [0.15, 0.2) is 0 Å². The van der Waals surface area contributed by atoms with E-state index in [1.165, 1.54) is 30.6 Å². The van der Waals surface area contributed by atoms with Crippen LogP contribution in [-0.2, 0) is 38.2 Å². The number of rotatable bonds is 14. The number of methoxy groups -OCH3 is 1. The van der Waals surface area contributed by atoms with Crippen LogP contribution >= 0.6 is 15.9 Å². The number of carbonyl (C=O) groups is 4. The van der Waals surface area contributed by atoms with Gasteiger partial charge in [0, 0.05) is 17.4 Å². The van der Waals surface area contributed by atoms with Crippen LogP contribution in [0.4, 0.5) is 4.79 Å². The van der Waals surface area contributed by atoms with Gasteiger partial charge in [0.2, 0.25) is 11.8 Å². The Morgan fingerprint density at radius 1 is 1.02 bits per heavy atom. The Hall–Kier alpha value is -2.71. The van der Waals surface area contributed by atoms with E-state index in [1.807, 2.05) is 0 Å². The molecule has 2 N–H and O–H groups in total. The van der Waals surface area contributed by atoms with E-state index in [2.05, 4.69) is 33.5 Å². The molecule has 1 unspecified atom stereocenters. The molecular formula is C32H44BrN3O9S. The monoisotopic (exact) mass is 725 g/mol. The van der Waals surface area contributed by atoms with Gasteiger partial charge in [0.05, 0.1) is 18.1 Å². The molecule has 1 aromatic carbocycles. The van der Waals surface area contributed by atoms with Crippen LogP contribution in [0.1, 0.15) is 78.1 Å². The van der Waals surface area contributed by atoms with Crippen LogP contribution in [0.5, 0.6) is 0 Å². The predicted octanol–water partition coefficient (Wildman–Crippen LogP) is 4.06. The summed E-state index contributed by atoms with van der Waals surface area (Å²) in [5.74, 6) is -0.692. The van der Waals surface area contributed by atoms with Gasteiger partial charge >= 0.3 is 12.1 Å². The van der Waals surface area contributed by atoms with Gasteiger partial charge in [-0.25, -0.2) is 9.59 Å². The Bertz CT molecular complexity index is 1410. The maximum atomic E-state index is 14.2. The molecule has 0 bridgehead atoms. The van der Waals surface area contributed by atoms with Crippen molar-refractivity contribution in [2.75, 3.05) is 13.7 Å². The fourth-order valence-corrected chi connectivity index (χ4v) is 8.27. The fourth-order valence-electron chi connectivity index (χ4n) is 6.93. The van der Waals surface area contributed by atoms with Crippen LogP contribution in [0.3, 0.4) is 0 Å². The summed E-state index contributed by atoms with van der Waals surface area (Å²) in [4.78, 5) is 54.7. The third kappa shape index (κ3) is 7.87. The second kappa shape index (κ2) is 14.2. The van der Waals surface area contributed by atoms with Gasteiger partial charge in [-0.3, -0.25) is 13.8 Å². The summed E-state index contributed by atoms with van der Waals surface area (Å²) in [5.41, 5.74) is -1.22. The van der Waals surface area contributed by atoms with Crippen LogP contribution in [0.2, 0.25) is 0 Å². The van der Waals surface area contributed by atoms with Crippen molar-refractivity contribution < 1.29 is 41.3 Å². The summed E-state index contributed by atoms with van der Waals surface area (Å²) >= 11 is 3.29. The molecule has 3 amide bonds. The molecule has 5 rings (SSSR count). The molecule has 1 saturated heterocycles. The van der Waals surface area contributed by atoms with E-state index in [1.54, 1.807) is 19.1 Å². The van der Waals surface area contributed by atoms with Gasteiger partial charge in [0.25, 0.3) is 10.1 Å². The molecule has 3 saturated carbocycles. The first kappa shape index (κ1) is 34.6. The molecule has 0 spiro atoms. The lowest BCUT2D eigenvalue weighted by Crippen LogP contribution is -2.56. The summed E-state index contributed by atoms with van der Waals surface area (Å²) in [7, 11) is -2.99. The minimum absolute atomic E-state index is 0.0688. The Labute approximate surface area is 278 Å². The lowest BCUT2D eigenvalue weighted by molar-refractivity contribution is -0.148. The number of halogens is 1. The van der Waals surface area contributed by atoms with Crippen LogP contribution in [-0.4, -0.2) is 80.7 Å². The van der Waals surface area contributed by atoms with E-state index >= 15 is 0 Å². The topological polar surface area (TPSA) is 157 Å². The second-order valence-electron chi connectivity index (χ2n) is 13.2. The SMILES string of the molecule is CCCCCC[C@H](NC(=O)O[C@@H]1C[C@@H]2C[C@@H]2C1)C(=O)N1C[C@@H](OS(=O)(=O)c2ccc(Br)cc2)C[C@H]1C(=O)N[C@]1(C(=O)OC)CC1C. The van der Waals surface area contributed by atoms with E-state index in [4.69, 9.17) is 13.7 Å². The number of nitrogens with one attached hydrogen (secondary N) is 2. The lowest BCUT2D eigenvalue weighted by Gasteiger charge is -2.30. The number of esters is 1.